The van der Waals surface area contributed by atoms with Gasteiger partial charge in [-0.1, -0.05) is 36.3 Å². The van der Waals surface area contributed by atoms with Crippen LogP contribution in [0.5, 0.6) is 0 Å². The summed E-state index contributed by atoms with van der Waals surface area (Å²) in [6, 6.07) is 8.66. The zero-order chi connectivity index (χ0) is 17.1. The molecule has 0 bridgehead atoms. The van der Waals surface area contributed by atoms with Crippen LogP contribution in [0.3, 0.4) is 0 Å². The van der Waals surface area contributed by atoms with Crippen LogP contribution in [0.4, 0.5) is 0 Å². The van der Waals surface area contributed by atoms with Crippen LogP contribution >= 0.6 is 24.0 Å². The number of aliphatic imine (C=N–C) groups is 1. The van der Waals surface area contributed by atoms with Gasteiger partial charge in [0, 0.05) is 38.2 Å². The van der Waals surface area contributed by atoms with E-state index in [1.54, 1.807) is 0 Å². The molecule has 1 N–H and O–H groups in total. The smallest absolute Gasteiger partial charge is 0.193 e. The number of hydrogen-bond donors (Lipinski definition) is 1. The molecule has 1 aromatic heterocycles. The largest absolute Gasteiger partial charge is 0.361 e. The fourth-order valence-electron chi connectivity index (χ4n) is 3.55. The van der Waals surface area contributed by atoms with Crippen molar-refractivity contribution in [3.05, 3.63) is 52.4 Å². The highest BCUT2D eigenvalue weighted by Crippen LogP contribution is 2.23. The van der Waals surface area contributed by atoms with Crippen molar-refractivity contribution in [1.29, 1.82) is 0 Å². The van der Waals surface area contributed by atoms with Crippen LogP contribution in [-0.4, -0.2) is 36.2 Å². The second-order valence-electron chi connectivity index (χ2n) is 6.51. The van der Waals surface area contributed by atoms with E-state index in [2.05, 4.69) is 51.6 Å². The van der Waals surface area contributed by atoms with E-state index in [9.17, 15) is 0 Å². The summed E-state index contributed by atoms with van der Waals surface area (Å²) in [5, 5.41) is 7.57. The summed E-state index contributed by atoms with van der Waals surface area (Å²) in [6.45, 7) is 8.89. The predicted molar refractivity (Wildman–Crippen MR) is 112 cm³/mol. The van der Waals surface area contributed by atoms with Crippen molar-refractivity contribution in [2.24, 2.45) is 4.99 Å². The number of nitrogens with one attached hydrogen (secondary N) is 1. The number of nitrogens with zero attached hydrogens (tertiary/aromatic N) is 3. The van der Waals surface area contributed by atoms with Gasteiger partial charge in [-0.2, -0.15) is 0 Å². The van der Waals surface area contributed by atoms with E-state index in [0.717, 1.165) is 43.5 Å². The molecule has 1 aliphatic rings. The average molecular weight is 454 g/mol. The van der Waals surface area contributed by atoms with E-state index in [4.69, 9.17) is 4.52 Å². The van der Waals surface area contributed by atoms with Gasteiger partial charge in [-0.05, 0) is 31.4 Å². The second kappa shape index (κ2) is 8.69. The minimum absolute atomic E-state index is 0. The van der Waals surface area contributed by atoms with Crippen LogP contribution in [0.1, 0.15) is 41.0 Å². The monoisotopic (exact) mass is 454 g/mol. The number of aromatic nitrogens is 1. The van der Waals surface area contributed by atoms with Crippen LogP contribution in [0.2, 0.25) is 0 Å². The summed E-state index contributed by atoms with van der Waals surface area (Å²) in [5.41, 5.74) is 5.02. The Morgan fingerprint density at radius 1 is 1.32 bits per heavy atom. The number of fused-ring (bicyclic) bond motifs is 1. The summed E-state index contributed by atoms with van der Waals surface area (Å²) < 4.78 is 5.29. The van der Waals surface area contributed by atoms with Crippen molar-refractivity contribution in [1.82, 2.24) is 15.4 Å². The third kappa shape index (κ3) is 4.34. The lowest BCUT2D eigenvalue weighted by Gasteiger charge is -2.32. The van der Waals surface area contributed by atoms with E-state index < -0.39 is 0 Å². The molecule has 0 aliphatic carbocycles. The third-order valence-corrected chi connectivity index (χ3v) is 4.79. The molecule has 5 nitrogen and oxygen atoms in total. The number of rotatable bonds is 3. The first-order chi connectivity index (χ1) is 11.6. The van der Waals surface area contributed by atoms with E-state index in [1.807, 2.05) is 20.9 Å². The molecule has 6 heteroatoms. The molecule has 2 aromatic rings. The van der Waals surface area contributed by atoms with E-state index in [1.165, 1.54) is 16.7 Å². The van der Waals surface area contributed by atoms with E-state index >= 15 is 0 Å². The van der Waals surface area contributed by atoms with Crippen LogP contribution in [0.15, 0.2) is 33.8 Å². The lowest BCUT2D eigenvalue weighted by Crippen LogP contribution is -2.45. The topological polar surface area (TPSA) is 53.7 Å². The first-order valence-electron chi connectivity index (χ1n) is 8.55. The highest BCUT2D eigenvalue weighted by molar-refractivity contribution is 14.0. The Kier molecular flexibility index (Phi) is 6.87. The Bertz CT molecular complexity index is 721. The van der Waals surface area contributed by atoms with Crippen molar-refractivity contribution in [2.75, 3.05) is 20.1 Å². The van der Waals surface area contributed by atoms with Gasteiger partial charge in [0.1, 0.15) is 5.76 Å². The molecule has 25 heavy (non-hydrogen) atoms. The van der Waals surface area contributed by atoms with Gasteiger partial charge in [-0.25, -0.2) is 0 Å². The SMILES string of the molecule is CN=C(NCC(C)c1c(C)noc1C)N1CCc2ccccc2C1.I. The summed E-state index contributed by atoms with van der Waals surface area (Å²) in [7, 11) is 1.85. The maximum atomic E-state index is 5.29. The molecule has 0 amide bonds. The van der Waals surface area contributed by atoms with Crippen LogP contribution in [0, 0.1) is 13.8 Å². The fourth-order valence-corrected chi connectivity index (χ4v) is 3.55. The lowest BCUT2D eigenvalue weighted by molar-refractivity contribution is 0.377. The zero-order valence-corrected chi connectivity index (χ0v) is 17.7. The fraction of sp³-hybridized carbons (Fsp3) is 0.474. The first-order valence-corrected chi connectivity index (χ1v) is 8.55. The summed E-state index contributed by atoms with van der Waals surface area (Å²) in [4.78, 5) is 6.80. The molecule has 0 radical (unpaired) electrons. The summed E-state index contributed by atoms with van der Waals surface area (Å²) in [5.74, 6) is 2.19. The molecule has 2 heterocycles. The number of halogens is 1. The third-order valence-electron chi connectivity index (χ3n) is 4.79. The molecule has 0 fully saturated rings. The Morgan fingerprint density at radius 2 is 2.04 bits per heavy atom. The highest BCUT2D eigenvalue weighted by atomic mass is 127. The first kappa shape index (κ1) is 19.8. The molecule has 1 aromatic carbocycles. The number of aryl methyl sites for hydroxylation is 2. The Labute approximate surface area is 166 Å². The maximum Gasteiger partial charge on any atom is 0.193 e. The normalized spacial score (nSPS) is 15.4. The number of hydrogen-bond acceptors (Lipinski definition) is 3. The predicted octanol–water partition coefficient (Wildman–Crippen LogP) is 3.65. The Morgan fingerprint density at radius 3 is 2.68 bits per heavy atom. The van der Waals surface area contributed by atoms with Gasteiger partial charge in [0.25, 0.3) is 0 Å². The quantitative estimate of drug-likeness (QED) is 0.437. The standard InChI is InChI=1S/C19H26N4O.HI/c1-13(18-14(2)22-24-15(18)3)11-21-19(20-4)23-10-9-16-7-5-6-8-17(16)12-23;/h5-8,13H,9-12H2,1-4H3,(H,20,21);1H. The van der Waals surface area contributed by atoms with Gasteiger partial charge in [0.2, 0.25) is 0 Å². The molecule has 0 spiro atoms. The Hall–Kier alpha value is -1.57. The van der Waals surface area contributed by atoms with Crippen LogP contribution in [0.25, 0.3) is 0 Å². The molecular weight excluding hydrogens is 427 g/mol. The van der Waals surface area contributed by atoms with Gasteiger partial charge in [-0.15, -0.1) is 24.0 Å². The van der Waals surface area contributed by atoms with Gasteiger partial charge < -0.3 is 14.7 Å². The maximum absolute atomic E-state index is 5.29. The summed E-state index contributed by atoms with van der Waals surface area (Å²) in [6.07, 6.45) is 1.07. The van der Waals surface area contributed by atoms with E-state index in [0.29, 0.717) is 5.92 Å². The average Bonchev–Trinajstić information content (AvgIpc) is 2.93. The molecule has 1 aliphatic heterocycles. The van der Waals surface area contributed by atoms with Crippen LogP contribution in [-0.2, 0) is 13.0 Å². The zero-order valence-electron chi connectivity index (χ0n) is 15.4. The summed E-state index contributed by atoms with van der Waals surface area (Å²) >= 11 is 0. The number of guanidine groups is 1. The van der Waals surface area contributed by atoms with Gasteiger partial charge in [0.05, 0.1) is 5.69 Å². The van der Waals surface area contributed by atoms with Crippen molar-refractivity contribution in [2.45, 2.75) is 39.7 Å². The lowest BCUT2D eigenvalue weighted by atomic mass is 9.99. The van der Waals surface area contributed by atoms with Crippen molar-refractivity contribution in [3.63, 3.8) is 0 Å². The minimum Gasteiger partial charge on any atom is -0.361 e. The molecule has 0 saturated carbocycles. The molecule has 1 unspecified atom stereocenters. The van der Waals surface area contributed by atoms with Crippen molar-refractivity contribution in [3.8, 4) is 0 Å². The van der Waals surface area contributed by atoms with Gasteiger partial charge >= 0.3 is 0 Å². The van der Waals surface area contributed by atoms with Gasteiger partial charge in [-0.3, -0.25) is 4.99 Å². The molecule has 0 saturated heterocycles. The van der Waals surface area contributed by atoms with Crippen molar-refractivity contribution < 1.29 is 4.52 Å². The van der Waals surface area contributed by atoms with Gasteiger partial charge in [0.15, 0.2) is 5.96 Å². The molecular formula is C19H27IN4O. The molecule has 1 atom stereocenters. The molecule has 3 rings (SSSR count). The minimum atomic E-state index is 0. The Balaban J connectivity index is 0.00000225. The van der Waals surface area contributed by atoms with Crippen LogP contribution < -0.4 is 5.32 Å². The highest BCUT2D eigenvalue weighted by Gasteiger charge is 2.21. The van der Waals surface area contributed by atoms with Crippen molar-refractivity contribution >= 4 is 29.9 Å². The molecule has 136 valence electrons. The van der Waals surface area contributed by atoms with E-state index in [-0.39, 0.29) is 24.0 Å². The second-order valence-corrected chi connectivity index (χ2v) is 6.51. The number of benzene rings is 1.